The minimum absolute atomic E-state index is 0.0883. The predicted octanol–water partition coefficient (Wildman–Crippen LogP) is 3.13. The zero-order valence-corrected chi connectivity index (χ0v) is 17.8. The van der Waals surface area contributed by atoms with Gasteiger partial charge in [-0.25, -0.2) is 0 Å². The molecule has 2 fully saturated rings. The molecule has 0 amide bonds. The summed E-state index contributed by atoms with van der Waals surface area (Å²) in [6.07, 6.45) is 1.55. The Hall–Kier alpha value is -2.78. The lowest BCUT2D eigenvalue weighted by atomic mass is 9.82. The fraction of sp³-hybridized carbons (Fsp3) is 0.500. The van der Waals surface area contributed by atoms with Crippen LogP contribution in [0.25, 0.3) is 0 Å². The van der Waals surface area contributed by atoms with E-state index in [0.29, 0.717) is 25.3 Å². The van der Waals surface area contributed by atoms with E-state index < -0.39 is 6.10 Å². The van der Waals surface area contributed by atoms with E-state index in [1.54, 1.807) is 12.1 Å². The van der Waals surface area contributed by atoms with Gasteiger partial charge in [-0.05, 0) is 41.5 Å². The minimum Gasteiger partial charge on any atom is -0.391 e. The van der Waals surface area contributed by atoms with E-state index in [1.165, 1.54) is 5.56 Å². The van der Waals surface area contributed by atoms with Crippen LogP contribution in [0, 0.1) is 17.2 Å². The fourth-order valence-corrected chi connectivity index (χ4v) is 4.37. The van der Waals surface area contributed by atoms with Crippen molar-refractivity contribution >= 4 is 11.6 Å². The van der Waals surface area contributed by atoms with Crippen molar-refractivity contribution in [3.8, 4) is 6.07 Å². The van der Waals surface area contributed by atoms with E-state index in [9.17, 15) is 9.90 Å². The molecule has 1 aromatic heterocycles. The third kappa shape index (κ3) is 3.82. The number of ketones is 1. The van der Waals surface area contributed by atoms with Crippen LogP contribution in [0.1, 0.15) is 56.9 Å². The quantitative estimate of drug-likeness (QED) is 0.823. The smallest absolute Gasteiger partial charge is 0.163 e. The molecule has 0 bridgehead atoms. The van der Waals surface area contributed by atoms with Crippen LogP contribution < -0.4 is 4.90 Å². The molecular weight excluding hydrogens is 376 g/mol. The molecule has 1 N–H and O–H groups in total. The van der Waals surface area contributed by atoms with Crippen molar-refractivity contribution in [2.45, 2.75) is 57.0 Å². The molecule has 0 spiro atoms. The molecule has 1 saturated heterocycles. The molecule has 6 nitrogen and oxygen atoms in total. The average Bonchev–Trinajstić information content (AvgIpc) is 3.47. The highest BCUT2D eigenvalue weighted by atomic mass is 16.3. The summed E-state index contributed by atoms with van der Waals surface area (Å²) in [7, 11) is 0. The van der Waals surface area contributed by atoms with Crippen LogP contribution in [-0.2, 0) is 15.6 Å². The molecule has 1 aromatic carbocycles. The summed E-state index contributed by atoms with van der Waals surface area (Å²) in [6.45, 7) is 7.54. The Morgan fingerprint density at radius 1 is 1.17 bits per heavy atom. The topological polar surface area (TPSA) is 90.1 Å². The molecule has 1 saturated carbocycles. The van der Waals surface area contributed by atoms with Crippen LogP contribution in [0.4, 0.5) is 5.82 Å². The second kappa shape index (κ2) is 7.48. The average molecular weight is 405 g/mol. The third-order valence-corrected chi connectivity index (χ3v) is 6.53. The van der Waals surface area contributed by atoms with E-state index in [2.05, 4.69) is 55.2 Å². The van der Waals surface area contributed by atoms with Gasteiger partial charge in [-0.2, -0.15) is 5.26 Å². The number of nitrogens with zero attached hydrogens (tertiary/aromatic N) is 4. The van der Waals surface area contributed by atoms with Gasteiger partial charge in [0.05, 0.1) is 11.5 Å². The number of benzene rings is 1. The molecule has 0 radical (unpaired) electrons. The van der Waals surface area contributed by atoms with Crippen LogP contribution in [0.3, 0.4) is 0 Å². The summed E-state index contributed by atoms with van der Waals surface area (Å²) < 4.78 is 0. The number of anilines is 1. The van der Waals surface area contributed by atoms with Crippen molar-refractivity contribution in [3.05, 3.63) is 53.2 Å². The summed E-state index contributed by atoms with van der Waals surface area (Å²) in [6, 6.07) is 13.8. The SMILES string of the molecule is CC(C)(C)c1ccc(C2(C(=O)CC3CN(c4ccc(C#N)nn4)C[C@@H]3O)CC2)cc1. The molecule has 30 heavy (non-hydrogen) atoms. The van der Waals surface area contributed by atoms with Crippen molar-refractivity contribution in [1.82, 2.24) is 10.2 Å². The fourth-order valence-electron chi connectivity index (χ4n) is 4.37. The second-order valence-electron chi connectivity index (χ2n) is 9.66. The number of rotatable bonds is 5. The Balaban J connectivity index is 1.44. The third-order valence-electron chi connectivity index (χ3n) is 6.53. The van der Waals surface area contributed by atoms with Crippen molar-refractivity contribution in [2.24, 2.45) is 5.92 Å². The highest BCUT2D eigenvalue weighted by Gasteiger charge is 2.51. The first-order chi connectivity index (χ1) is 14.2. The number of aliphatic hydroxyl groups excluding tert-OH is 1. The van der Waals surface area contributed by atoms with Gasteiger partial charge in [-0.3, -0.25) is 4.79 Å². The number of hydrogen-bond donors (Lipinski definition) is 1. The first-order valence-corrected chi connectivity index (χ1v) is 10.5. The van der Waals surface area contributed by atoms with Crippen LogP contribution in [-0.4, -0.2) is 40.3 Å². The number of aromatic nitrogens is 2. The van der Waals surface area contributed by atoms with Gasteiger partial charge in [0.2, 0.25) is 0 Å². The van der Waals surface area contributed by atoms with Gasteiger partial charge in [0.1, 0.15) is 11.9 Å². The Morgan fingerprint density at radius 3 is 2.40 bits per heavy atom. The highest BCUT2D eigenvalue weighted by molar-refractivity contribution is 5.93. The van der Waals surface area contributed by atoms with Crippen LogP contribution in [0.5, 0.6) is 0 Å². The molecule has 6 heteroatoms. The van der Waals surface area contributed by atoms with Crippen LogP contribution >= 0.6 is 0 Å². The molecule has 2 aliphatic rings. The Kier molecular flexibility index (Phi) is 5.11. The normalized spacial score (nSPS) is 22.6. The standard InChI is InChI=1S/C24H28N4O2/c1-23(2,3)17-4-6-18(7-5-17)24(10-11-24)21(30)12-16-14-28(15-20(16)29)22-9-8-19(13-25)26-27-22/h4-9,16,20,29H,10-12,14-15H2,1-3H3/t16?,20-/m0/s1. The maximum atomic E-state index is 13.2. The van der Waals surface area contributed by atoms with Crippen molar-refractivity contribution in [2.75, 3.05) is 18.0 Å². The highest BCUT2D eigenvalue weighted by Crippen LogP contribution is 2.50. The van der Waals surface area contributed by atoms with E-state index in [-0.39, 0.29) is 28.2 Å². The predicted molar refractivity (Wildman–Crippen MR) is 114 cm³/mol. The number of carbonyl (C=O) groups is 1. The monoisotopic (exact) mass is 404 g/mol. The molecule has 156 valence electrons. The number of nitriles is 1. The maximum Gasteiger partial charge on any atom is 0.163 e. The second-order valence-corrected chi connectivity index (χ2v) is 9.66. The summed E-state index contributed by atoms with van der Waals surface area (Å²) in [4.78, 5) is 15.2. The van der Waals surface area contributed by atoms with Gasteiger partial charge < -0.3 is 10.0 Å². The Labute approximate surface area is 177 Å². The largest absolute Gasteiger partial charge is 0.391 e. The van der Waals surface area contributed by atoms with E-state index in [0.717, 1.165) is 18.4 Å². The molecule has 2 heterocycles. The number of carbonyl (C=O) groups excluding carboxylic acids is 1. The molecule has 1 unspecified atom stereocenters. The maximum absolute atomic E-state index is 13.2. The van der Waals surface area contributed by atoms with Gasteiger partial charge in [-0.1, -0.05) is 45.0 Å². The molecule has 2 atom stereocenters. The van der Waals surface area contributed by atoms with Crippen LogP contribution in [0.15, 0.2) is 36.4 Å². The van der Waals surface area contributed by atoms with E-state index in [1.807, 2.05) is 11.0 Å². The summed E-state index contributed by atoms with van der Waals surface area (Å²) in [5, 5.41) is 27.4. The summed E-state index contributed by atoms with van der Waals surface area (Å²) in [5.74, 6) is 0.728. The van der Waals surface area contributed by atoms with Gasteiger partial charge in [0, 0.05) is 25.4 Å². The zero-order chi connectivity index (χ0) is 21.5. The van der Waals surface area contributed by atoms with Gasteiger partial charge in [0.25, 0.3) is 0 Å². The van der Waals surface area contributed by atoms with Crippen molar-refractivity contribution < 1.29 is 9.90 Å². The zero-order valence-electron chi connectivity index (χ0n) is 17.8. The molecule has 1 aliphatic carbocycles. The number of hydrogen-bond acceptors (Lipinski definition) is 6. The Morgan fingerprint density at radius 2 is 1.87 bits per heavy atom. The van der Waals surface area contributed by atoms with Crippen LogP contribution in [0.2, 0.25) is 0 Å². The lowest BCUT2D eigenvalue weighted by molar-refractivity contribution is -0.123. The van der Waals surface area contributed by atoms with E-state index in [4.69, 9.17) is 5.26 Å². The van der Waals surface area contributed by atoms with Gasteiger partial charge in [-0.15, -0.1) is 10.2 Å². The molecule has 4 rings (SSSR count). The molecule has 1 aliphatic heterocycles. The van der Waals surface area contributed by atoms with Crippen molar-refractivity contribution in [3.63, 3.8) is 0 Å². The lowest BCUT2D eigenvalue weighted by Crippen LogP contribution is -2.28. The van der Waals surface area contributed by atoms with Crippen molar-refractivity contribution in [1.29, 1.82) is 5.26 Å². The van der Waals surface area contributed by atoms with Gasteiger partial charge >= 0.3 is 0 Å². The number of Topliss-reactive ketones (excluding diaryl/α,β-unsaturated/α-hetero) is 1. The number of aliphatic hydroxyl groups is 1. The van der Waals surface area contributed by atoms with Gasteiger partial charge in [0.15, 0.2) is 11.5 Å². The summed E-state index contributed by atoms with van der Waals surface area (Å²) >= 11 is 0. The Bertz CT molecular complexity index is 966. The molecular formula is C24H28N4O2. The van der Waals surface area contributed by atoms with E-state index >= 15 is 0 Å². The summed E-state index contributed by atoms with van der Waals surface area (Å²) in [5.41, 5.74) is 2.34. The first-order valence-electron chi connectivity index (χ1n) is 10.5. The minimum atomic E-state index is -0.578. The first kappa shape index (κ1) is 20.5. The molecule has 2 aromatic rings. The lowest BCUT2D eigenvalue weighted by Gasteiger charge is -2.22. The number of β-amino-alcohol motifs (C(OH)–C–C–N with tert-alkyl or cyclic N) is 1.